The van der Waals surface area contributed by atoms with E-state index in [9.17, 15) is 9.90 Å². The van der Waals surface area contributed by atoms with Crippen LogP contribution < -0.4 is 4.74 Å². The van der Waals surface area contributed by atoms with Gasteiger partial charge in [0.25, 0.3) is 0 Å². The molecule has 4 heteroatoms. The van der Waals surface area contributed by atoms with Crippen LogP contribution in [0.4, 0.5) is 0 Å². The second-order valence-corrected chi connectivity index (χ2v) is 6.22. The molecule has 1 heterocycles. The Morgan fingerprint density at radius 3 is 2.62 bits per heavy atom. The standard InChI is InChI=1S/C17H23NO3/c19-17(20)16-3-1-2-10-18(16)11-13-6-8-15(9-7-13)21-12-14-4-5-14/h6-9,14,16H,1-5,10-12H2,(H,19,20). The SMILES string of the molecule is O=C(O)C1CCCCN1Cc1ccc(OCC2CC2)cc1. The molecule has 0 radical (unpaired) electrons. The van der Waals surface area contributed by atoms with Crippen LogP contribution in [0.5, 0.6) is 5.75 Å². The predicted molar refractivity (Wildman–Crippen MR) is 80.3 cm³/mol. The summed E-state index contributed by atoms with van der Waals surface area (Å²) >= 11 is 0. The summed E-state index contributed by atoms with van der Waals surface area (Å²) < 4.78 is 5.73. The summed E-state index contributed by atoms with van der Waals surface area (Å²) in [6.45, 7) is 2.41. The van der Waals surface area contributed by atoms with Gasteiger partial charge < -0.3 is 9.84 Å². The van der Waals surface area contributed by atoms with Crippen molar-refractivity contribution >= 4 is 5.97 Å². The molecule has 4 nitrogen and oxygen atoms in total. The number of nitrogens with zero attached hydrogens (tertiary/aromatic N) is 1. The van der Waals surface area contributed by atoms with Gasteiger partial charge in [0.1, 0.15) is 11.8 Å². The Labute approximate surface area is 125 Å². The summed E-state index contributed by atoms with van der Waals surface area (Å²) in [5, 5.41) is 9.30. The first kappa shape index (κ1) is 14.4. The van der Waals surface area contributed by atoms with E-state index in [0.717, 1.165) is 49.6 Å². The van der Waals surface area contributed by atoms with Gasteiger partial charge in [0.2, 0.25) is 0 Å². The first-order valence-electron chi connectivity index (χ1n) is 7.91. The molecule has 0 bridgehead atoms. The van der Waals surface area contributed by atoms with Gasteiger partial charge in [-0.25, -0.2) is 0 Å². The monoisotopic (exact) mass is 289 g/mol. The zero-order valence-electron chi connectivity index (χ0n) is 12.3. The molecule has 2 aliphatic rings. The second-order valence-electron chi connectivity index (χ2n) is 6.22. The highest BCUT2D eigenvalue weighted by atomic mass is 16.5. The number of benzene rings is 1. The molecule has 1 N–H and O–H groups in total. The highest BCUT2D eigenvalue weighted by Crippen LogP contribution is 2.29. The number of hydrogen-bond acceptors (Lipinski definition) is 3. The zero-order valence-corrected chi connectivity index (χ0v) is 12.3. The fraction of sp³-hybridized carbons (Fsp3) is 0.588. The van der Waals surface area contributed by atoms with Gasteiger partial charge in [0, 0.05) is 6.54 Å². The number of hydrogen-bond donors (Lipinski definition) is 1. The minimum absolute atomic E-state index is 0.329. The molecule has 21 heavy (non-hydrogen) atoms. The van der Waals surface area contributed by atoms with Gasteiger partial charge in [-0.3, -0.25) is 9.69 Å². The Morgan fingerprint density at radius 1 is 1.19 bits per heavy atom. The average molecular weight is 289 g/mol. The van der Waals surface area contributed by atoms with E-state index in [-0.39, 0.29) is 6.04 Å². The fourth-order valence-corrected chi connectivity index (χ4v) is 2.88. The number of aliphatic carboxylic acids is 1. The summed E-state index contributed by atoms with van der Waals surface area (Å²) in [4.78, 5) is 13.4. The summed E-state index contributed by atoms with van der Waals surface area (Å²) in [5.74, 6) is 0.979. The number of carboxylic acid groups (broad SMARTS) is 1. The molecule has 1 aromatic carbocycles. The lowest BCUT2D eigenvalue weighted by molar-refractivity contribution is -0.144. The smallest absolute Gasteiger partial charge is 0.320 e. The van der Waals surface area contributed by atoms with Crippen molar-refractivity contribution in [1.82, 2.24) is 4.90 Å². The van der Waals surface area contributed by atoms with Crippen molar-refractivity contribution in [2.75, 3.05) is 13.2 Å². The van der Waals surface area contributed by atoms with Gasteiger partial charge >= 0.3 is 5.97 Å². The summed E-state index contributed by atoms with van der Waals surface area (Å²) in [7, 11) is 0. The molecule has 1 saturated heterocycles. The predicted octanol–water partition coefficient (Wildman–Crippen LogP) is 2.91. The Kier molecular flexibility index (Phi) is 4.44. The molecule has 0 amide bonds. The Balaban J connectivity index is 1.56. The average Bonchev–Trinajstić information content (AvgIpc) is 3.31. The highest BCUT2D eigenvalue weighted by Gasteiger charge is 2.28. The van der Waals surface area contributed by atoms with Gasteiger partial charge in [-0.1, -0.05) is 18.6 Å². The molecule has 1 unspecified atom stereocenters. The van der Waals surface area contributed by atoms with E-state index in [1.165, 1.54) is 12.8 Å². The second kappa shape index (κ2) is 6.48. The number of carboxylic acids is 1. The first-order valence-corrected chi connectivity index (χ1v) is 7.91. The van der Waals surface area contributed by atoms with E-state index in [4.69, 9.17) is 4.74 Å². The molecule has 1 aliphatic heterocycles. The van der Waals surface area contributed by atoms with Crippen LogP contribution in [0.25, 0.3) is 0 Å². The summed E-state index contributed by atoms with van der Waals surface area (Å²) in [6.07, 6.45) is 5.46. The molecular weight excluding hydrogens is 266 g/mol. The van der Waals surface area contributed by atoms with Crippen LogP contribution in [0.2, 0.25) is 0 Å². The molecule has 1 aromatic rings. The minimum Gasteiger partial charge on any atom is -0.493 e. The molecule has 114 valence electrons. The maximum Gasteiger partial charge on any atom is 0.320 e. The van der Waals surface area contributed by atoms with Crippen LogP contribution in [0.3, 0.4) is 0 Å². The Morgan fingerprint density at radius 2 is 1.95 bits per heavy atom. The van der Waals surface area contributed by atoms with Gasteiger partial charge in [-0.2, -0.15) is 0 Å². The van der Waals surface area contributed by atoms with Crippen LogP contribution in [0, 0.1) is 5.92 Å². The van der Waals surface area contributed by atoms with E-state index < -0.39 is 5.97 Å². The maximum atomic E-state index is 11.3. The molecule has 3 rings (SSSR count). The lowest BCUT2D eigenvalue weighted by Gasteiger charge is -2.32. The highest BCUT2D eigenvalue weighted by molar-refractivity contribution is 5.73. The minimum atomic E-state index is -0.695. The third-order valence-corrected chi connectivity index (χ3v) is 4.39. The maximum absolute atomic E-state index is 11.3. The number of piperidine rings is 1. The third kappa shape index (κ3) is 3.97. The van der Waals surface area contributed by atoms with E-state index in [1.54, 1.807) is 0 Å². The van der Waals surface area contributed by atoms with Crippen LogP contribution in [-0.2, 0) is 11.3 Å². The van der Waals surface area contributed by atoms with Crippen LogP contribution in [-0.4, -0.2) is 35.2 Å². The number of likely N-dealkylation sites (tertiary alicyclic amines) is 1. The van der Waals surface area contributed by atoms with Gasteiger partial charge in [-0.15, -0.1) is 0 Å². The van der Waals surface area contributed by atoms with Crippen LogP contribution in [0.15, 0.2) is 24.3 Å². The normalized spacial score (nSPS) is 23.0. The van der Waals surface area contributed by atoms with Crippen molar-refractivity contribution in [3.63, 3.8) is 0 Å². The number of carbonyl (C=O) groups is 1. The Hall–Kier alpha value is -1.55. The third-order valence-electron chi connectivity index (χ3n) is 4.39. The largest absolute Gasteiger partial charge is 0.493 e. The molecule has 1 atom stereocenters. The van der Waals surface area contributed by atoms with Gasteiger partial charge in [0.15, 0.2) is 0 Å². The molecule has 0 aromatic heterocycles. The molecule has 0 spiro atoms. The van der Waals surface area contributed by atoms with Crippen molar-refractivity contribution in [1.29, 1.82) is 0 Å². The number of ether oxygens (including phenoxy) is 1. The zero-order chi connectivity index (χ0) is 14.7. The summed E-state index contributed by atoms with van der Waals surface area (Å²) in [5.41, 5.74) is 1.15. The van der Waals surface area contributed by atoms with Crippen molar-refractivity contribution < 1.29 is 14.6 Å². The molecule has 1 aliphatic carbocycles. The van der Waals surface area contributed by atoms with Crippen LogP contribution >= 0.6 is 0 Å². The molecule has 1 saturated carbocycles. The Bertz CT molecular complexity index is 481. The lowest BCUT2D eigenvalue weighted by atomic mass is 10.0. The molecule has 2 fully saturated rings. The first-order chi connectivity index (χ1) is 10.2. The van der Waals surface area contributed by atoms with Crippen molar-refractivity contribution in [2.24, 2.45) is 5.92 Å². The van der Waals surface area contributed by atoms with Gasteiger partial charge in [0.05, 0.1) is 6.61 Å². The quantitative estimate of drug-likeness (QED) is 0.875. The van der Waals surface area contributed by atoms with Crippen molar-refractivity contribution in [3.8, 4) is 5.75 Å². The molecular formula is C17H23NO3. The van der Waals surface area contributed by atoms with E-state index in [1.807, 2.05) is 12.1 Å². The van der Waals surface area contributed by atoms with Crippen molar-refractivity contribution in [2.45, 2.75) is 44.7 Å². The van der Waals surface area contributed by atoms with E-state index >= 15 is 0 Å². The topological polar surface area (TPSA) is 49.8 Å². The van der Waals surface area contributed by atoms with E-state index in [0.29, 0.717) is 6.54 Å². The van der Waals surface area contributed by atoms with Gasteiger partial charge in [-0.05, 0) is 55.8 Å². The fourth-order valence-electron chi connectivity index (χ4n) is 2.88. The van der Waals surface area contributed by atoms with Crippen LogP contribution in [0.1, 0.15) is 37.7 Å². The number of rotatable bonds is 6. The lowest BCUT2D eigenvalue weighted by Crippen LogP contribution is -2.43. The van der Waals surface area contributed by atoms with E-state index in [2.05, 4.69) is 17.0 Å². The van der Waals surface area contributed by atoms with Crippen molar-refractivity contribution in [3.05, 3.63) is 29.8 Å². The summed E-state index contributed by atoms with van der Waals surface area (Å²) in [6, 6.07) is 7.77.